The summed E-state index contributed by atoms with van der Waals surface area (Å²) in [5.74, 6) is -1.04. The van der Waals surface area contributed by atoms with Crippen molar-refractivity contribution in [3.63, 3.8) is 0 Å². The first-order valence-electron chi connectivity index (χ1n) is 6.83. The van der Waals surface area contributed by atoms with Gasteiger partial charge in [-0.1, -0.05) is 12.5 Å². The van der Waals surface area contributed by atoms with E-state index in [1.165, 1.54) is 0 Å². The monoisotopic (exact) mass is 257 g/mol. The van der Waals surface area contributed by atoms with Gasteiger partial charge in [0.2, 0.25) is 0 Å². The first-order chi connectivity index (χ1) is 8.49. The Morgan fingerprint density at radius 2 is 2.00 bits per heavy atom. The van der Waals surface area contributed by atoms with Gasteiger partial charge < -0.3 is 19.5 Å². The normalized spacial score (nSPS) is 13.3. The van der Waals surface area contributed by atoms with Crippen molar-refractivity contribution < 1.29 is 19.5 Å². The average molecular weight is 257 g/mol. The lowest BCUT2D eigenvalue weighted by molar-refractivity contribution is -0.922. The first-order valence-corrected chi connectivity index (χ1v) is 6.83. The summed E-state index contributed by atoms with van der Waals surface area (Å²) >= 11 is 0. The maximum atomic E-state index is 10.8. The molecule has 0 aliphatic rings. The largest absolute Gasteiger partial charge is 0.544 e. The third-order valence-electron chi connectivity index (χ3n) is 3.60. The number of rotatable bonds is 11. The minimum Gasteiger partial charge on any atom is -0.544 e. The molecule has 0 bridgehead atoms. The fourth-order valence-corrected chi connectivity index (χ4v) is 2.25. The Kier molecular flexibility index (Phi) is 8.67. The van der Waals surface area contributed by atoms with E-state index in [1.807, 2.05) is 19.9 Å². The van der Waals surface area contributed by atoms with Crippen LogP contribution >= 0.6 is 0 Å². The maximum absolute atomic E-state index is 10.8. The molecule has 0 aromatic carbocycles. The Labute approximate surface area is 111 Å². The number of aliphatic hydroxyl groups is 1. The number of hydrogen-bond acceptors (Lipinski definition) is 3. The highest BCUT2D eigenvalue weighted by Crippen LogP contribution is 2.12. The van der Waals surface area contributed by atoms with E-state index in [0.29, 0.717) is 24.1 Å². The Bertz CT molecular complexity index is 249. The van der Waals surface area contributed by atoms with Gasteiger partial charge >= 0.3 is 0 Å². The summed E-state index contributed by atoms with van der Waals surface area (Å²) in [5, 5.41) is 20.8. The lowest BCUT2D eigenvalue weighted by Crippen LogP contribution is -2.57. The van der Waals surface area contributed by atoms with Gasteiger partial charge in [-0.15, -0.1) is 6.58 Å². The van der Waals surface area contributed by atoms with Crippen LogP contribution in [0.3, 0.4) is 0 Å². The third kappa shape index (κ3) is 6.77. The van der Waals surface area contributed by atoms with Crippen molar-refractivity contribution in [2.24, 2.45) is 0 Å². The van der Waals surface area contributed by atoms with Gasteiger partial charge in [-0.3, -0.25) is 0 Å². The summed E-state index contributed by atoms with van der Waals surface area (Å²) < 4.78 is 0.394. The van der Waals surface area contributed by atoms with E-state index in [9.17, 15) is 15.0 Å². The number of carboxylic acids is 1. The molecule has 0 aliphatic heterocycles. The molecule has 1 atom stereocenters. The number of unbranched alkanes of at least 4 members (excludes halogenated alkanes) is 2. The van der Waals surface area contributed by atoms with Crippen LogP contribution in [0.15, 0.2) is 12.7 Å². The Morgan fingerprint density at radius 3 is 2.44 bits per heavy atom. The van der Waals surface area contributed by atoms with E-state index >= 15 is 0 Å². The van der Waals surface area contributed by atoms with Crippen molar-refractivity contribution in [1.82, 2.24) is 0 Å². The smallest absolute Gasteiger partial charge is 0.119 e. The molecule has 106 valence electrons. The molecule has 4 nitrogen and oxygen atoms in total. The summed E-state index contributed by atoms with van der Waals surface area (Å²) in [6.07, 6.45) is 5.11. The summed E-state index contributed by atoms with van der Waals surface area (Å²) in [7, 11) is 0. The van der Waals surface area contributed by atoms with E-state index in [-0.39, 0.29) is 6.54 Å². The number of aliphatic hydroxyl groups excluding tert-OH is 1. The minimum atomic E-state index is -1.04. The number of allylic oxidation sites excluding steroid dienone is 1. The SMILES string of the molecule is C=CCCCCC(O)C[N+](CC)(CC)CC(=O)[O-]. The second-order valence-electron chi connectivity index (χ2n) is 4.91. The van der Waals surface area contributed by atoms with E-state index in [0.717, 1.165) is 25.7 Å². The first kappa shape index (κ1) is 17.1. The highest BCUT2D eigenvalue weighted by atomic mass is 16.4. The topological polar surface area (TPSA) is 60.4 Å². The molecular formula is C14H27NO3. The highest BCUT2D eigenvalue weighted by molar-refractivity contribution is 5.65. The Balaban J connectivity index is 4.21. The van der Waals surface area contributed by atoms with Crippen LogP contribution in [0.2, 0.25) is 0 Å². The zero-order chi connectivity index (χ0) is 14.0. The van der Waals surface area contributed by atoms with Crippen LogP contribution in [-0.2, 0) is 4.79 Å². The molecule has 1 N–H and O–H groups in total. The molecular weight excluding hydrogens is 230 g/mol. The molecule has 0 aromatic rings. The third-order valence-corrected chi connectivity index (χ3v) is 3.60. The van der Waals surface area contributed by atoms with E-state index in [4.69, 9.17) is 0 Å². The van der Waals surface area contributed by atoms with E-state index in [2.05, 4.69) is 6.58 Å². The van der Waals surface area contributed by atoms with Gasteiger partial charge in [0.15, 0.2) is 0 Å². The molecule has 0 radical (unpaired) electrons. The number of carboxylic acid groups (broad SMARTS) is 1. The molecule has 0 spiro atoms. The zero-order valence-corrected chi connectivity index (χ0v) is 11.7. The molecule has 0 heterocycles. The Morgan fingerprint density at radius 1 is 1.39 bits per heavy atom. The van der Waals surface area contributed by atoms with Crippen LogP contribution in [0.1, 0.15) is 39.5 Å². The minimum absolute atomic E-state index is 0.0171. The van der Waals surface area contributed by atoms with Crippen molar-refractivity contribution in [1.29, 1.82) is 0 Å². The highest BCUT2D eigenvalue weighted by Gasteiger charge is 2.26. The second kappa shape index (κ2) is 9.11. The standard InChI is InChI=1S/C14H27NO3/c1-4-7-8-9-10-13(16)11-15(5-2,6-3)12-14(17)18/h4,13,16H,1,5-12H2,2-3H3. The molecule has 0 fully saturated rings. The molecule has 0 rings (SSSR count). The van der Waals surface area contributed by atoms with Crippen molar-refractivity contribution >= 4 is 5.97 Å². The average Bonchev–Trinajstić information content (AvgIpc) is 2.33. The lowest BCUT2D eigenvalue weighted by atomic mass is 10.1. The number of nitrogens with zero attached hydrogens (tertiary/aromatic N) is 1. The van der Waals surface area contributed by atoms with Crippen molar-refractivity contribution in [2.45, 2.75) is 45.6 Å². The predicted octanol–water partition coefficient (Wildman–Crippen LogP) is 0.700. The summed E-state index contributed by atoms with van der Waals surface area (Å²) in [6.45, 7) is 9.45. The fraction of sp³-hybridized carbons (Fsp3) is 0.786. The molecule has 0 aromatic heterocycles. The van der Waals surface area contributed by atoms with Crippen LogP contribution in [-0.4, -0.2) is 47.8 Å². The van der Waals surface area contributed by atoms with Gasteiger partial charge in [0, 0.05) is 0 Å². The summed E-state index contributed by atoms with van der Waals surface area (Å²) in [4.78, 5) is 10.8. The fourth-order valence-electron chi connectivity index (χ4n) is 2.25. The van der Waals surface area contributed by atoms with Crippen molar-refractivity contribution in [3.8, 4) is 0 Å². The summed E-state index contributed by atoms with van der Waals surface area (Å²) in [6, 6.07) is 0. The number of carbonyl (C=O) groups is 1. The van der Waals surface area contributed by atoms with Crippen LogP contribution in [0.5, 0.6) is 0 Å². The molecule has 4 heteroatoms. The van der Waals surface area contributed by atoms with Crippen molar-refractivity contribution in [2.75, 3.05) is 26.2 Å². The van der Waals surface area contributed by atoms with Crippen molar-refractivity contribution in [3.05, 3.63) is 12.7 Å². The number of quaternary nitrogens is 1. The molecule has 0 saturated carbocycles. The Hall–Kier alpha value is -0.870. The van der Waals surface area contributed by atoms with Gasteiger partial charge in [0.1, 0.15) is 19.2 Å². The number of hydrogen-bond donors (Lipinski definition) is 1. The van der Waals surface area contributed by atoms with Gasteiger partial charge in [-0.2, -0.15) is 0 Å². The van der Waals surface area contributed by atoms with Gasteiger partial charge in [-0.05, 0) is 33.1 Å². The number of aliphatic carboxylic acids is 1. The van der Waals surface area contributed by atoms with Crippen LogP contribution in [0.4, 0.5) is 0 Å². The van der Waals surface area contributed by atoms with Crippen LogP contribution in [0.25, 0.3) is 0 Å². The quantitative estimate of drug-likeness (QED) is 0.337. The molecule has 0 aliphatic carbocycles. The lowest BCUT2D eigenvalue weighted by Gasteiger charge is -2.38. The zero-order valence-electron chi connectivity index (χ0n) is 11.7. The van der Waals surface area contributed by atoms with E-state index in [1.54, 1.807) is 0 Å². The van der Waals surface area contributed by atoms with Gasteiger partial charge in [-0.25, -0.2) is 0 Å². The van der Waals surface area contributed by atoms with Crippen LogP contribution in [0, 0.1) is 0 Å². The van der Waals surface area contributed by atoms with E-state index < -0.39 is 12.1 Å². The molecule has 0 saturated heterocycles. The predicted molar refractivity (Wildman–Crippen MR) is 70.8 cm³/mol. The summed E-state index contributed by atoms with van der Waals surface area (Å²) in [5.41, 5.74) is 0. The molecule has 0 amide bonds. The van der Waals surface area contributed by atoms with Gasteiger partial charge in [0.05, 0.1) is 19.1 Å². The molecule has 1 unspecified atom stereocenters. The maximum Gasteiger partial charge on any atom is 0.119 e. The molecule has 18 heavy (non-hydrogen) atoms. The van der Waals surface area contributed by atoms with Crippen LogP contribution < -0.4 is 5.11 Å². The number of carbonyl (C=O) groups excluding carboxylic acids is 1. The number of likely N-dealkylation sites (N-methyl/N-ethyl adjacent to an activating group) is 1. The van der Waals surface area contributed by atoms with Gasteiger partial charge in [0.25, 0.3) is 0 Å². The second-order valence-corrected chi connectivity index (χ2v) is 4.91.